The van der Waals surface area contributed by atoms with E-state index in [9.17, 15) is 4.39 Å². The summed E-state index contributed by atoms with van der Waals surface area (Å²) < 4.78 is 14.0. The van der Waals surface area contributed by atoms with E-state index < -0.39 is 0 Å². The minimum absolute atomic E-state index is 0.242. The fourth-order valence-corrected chi connectivity index (χ4v) is 2.12. The Balaban J connectivity index is 2.47. The van der Waals surface area contributed by atoms with Crippen molar-refractivity contribution >= 4 is 28.4 Å². The second-order valence-corrected chi connectivity index (χ2v) is 5.04. The van der Waals surface area contributed by atoms with Gasteiger partial charge in [-0.2, -0.15) is 0 Å². The monoisotopic (exact) mass is 357 g/mol. The van der Waals surface area contributed by atoms with Crippen LogP contribution in [0.25, 0.3) is 11.4 Å². The third kappa shape index (κ3) is 2.77. The van der Waals surface area contributed by atoms with E-state index in [4.69, 9.17) is 0 Å². The van der Waals surface area contributed by atoms with Crippen molar-refractivity contribution in [2.24, 2.45) is 0 Å². The van der Waals surface area contributed by atoms with Crippen LogP contribution in [0.3, 0.4) is 0 Å². The molecule has 0 aliphatic carbocycles. The van der Waals surface area contributed by atoms with Crippen LogP contribution in [-0.2, 0) is 0 Å². The first kappa shape index (κ1) is 13.2. The van der Waals surface area contributed by atoms with Crippen molar-refractivity contribution in [3.8, 4) is 11.4 Å². The largest absolute Gasteiger partial charge is 0.369 e. The van der Waals surface area contributed by atoms with Crippen LogP contribution in [0, 0.1) is 16.3 Å². The lowest BCUT2D eigenvalue weighted by Crippen LogP contribution is -2.04. The zero-order valence-electron chi connectivity index (χ0n) is 10.2. The molecule has 1 aromatic carbocycles. The highest BCUT2D eigenvalue weighted by atomic mass is 127. The number of benzene rings is 1. The maximum Gasteiger partial charge on any atom is 0.161 e. The highest BCUT2D eigenvalue weighted by Gasteiger charge is 2.09. The lowest BCUT2D eigenvalue weighted by molar-refractivity contribution is 0.627. The second kappa shape index (κ2) is 5.60. The summed E-state index contributed by atoms with van der Waals surface area (Å²) in [5.74, 6) is 1.18. The molecule has 0 atom stereocenters. The molecule has 18 heavy (non-hydrogen) atoms. The van der Waals surface area contributed by atoms with E-state index in [1.165, 1.54) is 12.1 Å². The van der Waals surface area contributed by atoms with Crippen LogP contribution in [0.15, 0.2) is 24.4 Å². The van der Waals surface area contributed by atoms with Gasteiger partial charge in [0.15, 0.2) is 5.82 Å². The Kier molecular flexibility index (Phi) is 4.11. The highest BCUT2D eigenvalue weighted by Crippen LogP contribution is 2.23. The standard InChI is InChI=1S/C13H13FIN3/c1-3-16-13-11(15)7-17-12(18-13)10-5-4-9(14)6-8(10)2/h4-7H,3H2,1-2H3,(H,16,17,18). The van der Waals surface area contributed by atoms with E-state index in [2.05, 4.69) is 37.9 Å². The lowest BCUT2D eigenvalue weighted by Gasteiger charge is -2.09. The van der Waals surface area contributed by atoms with Crippen molar-refractivity contribution in [1.82, 2.24) is 9.97 Å². The van der Waals surface area contributed by atoms with Gasteiger partial charge in [-0.05, 0) is 60.2 Å². The van der Waals surface area contributed by atoms with E-state index in [-0.39, 0.29) is 5.82 Å². The minimum Gasteiger partial charge on any atom is -0.369 e. The maximum atomic E-state index is 13.1. The summed E-state index contributed by atoms with van der Waals surface area (Å²) in [6, 6.07) is 4.63. The fraction of sp³-hybridized carbons (Fsp3) is 0.231. The Morgan fingerprint density at radius 2 is 2.17 bits per heavy atom. The molecular weight excluding hydrogens is 344 g/mol. The topological polar surface area (TPSA) is 37.8 Å². The van der Waals surface area contributed by atoms with Crippen LogP contribution >= 0.6 is 22.6 Å². The predicted octanol–water partition coefficient (Wildman–Crippen LogP) is 3.63. The summed E-state index contributed by atoms with van der Waals surface area (Å²) in [7, 11) is 0. The Morgan fingerprint density at radius 3 is 2.83 bits per heavy atom. The smallest absolute Gasteiger partial charge is 0.161 e. The number of hydrogen-bond donors (Lipinski definition) is 1. The molecule has 0 bridgehead atoms. The Bertz CT molecular complexity index is 572. The van der Waals surface area contributed by atoms with E-state index in [1.807, 2.05) is 13.8 Å². The Morgan fingerprint density at radius 1 is 1.39 bits per heavy atom. The fourth-order valence-electron chi connectivity index (χ4n) is 1.67. The van der Waals surface area contributed by atoms with Gasteiger partial charge in [-0.25, -0.2) is 14.4 Å². The number of hydrogen-bond acceptors (Lipinski definition) is 3. The first-order valence-electron chi connectivity index (χ1n) is 5.64. The number of nitrogens with one attached hydrogen (secondary N) is 1. The van der Waals surface area contributed by atoms with Gasteiger partial charge in [0.05, 0.1) is 3.57 Å². The Labute approximate surface area is 119 Å². The van der Waals surface area contributed by atoms with Gasteiger partial charge in [0.1, 0.15) is 11.6 Å². The second-order valence-electron chi connectivity index (χ2n) is 3.88. The quantitative estimate of drug-likeness (QED) is 0.853. The van der Waals surface area contributed by atoms with Crippen LogP contribution < -0.4 is 5.32 Å². The molecule has 0 amide bonds. The summed E-state index contributed by atoms with van der Waals surface area (Å²) in [5.41, 5.74) is 1.69. The summed E-state index contributed by atoms with van der Waals surface area (Å²) in [4.78, 5) is 8.77. The van der Waals surface area contributed by atoms with E-state index in [0.717, 1.165) is 27.1 Å². The van der Waals surface area contributed by atoms with E-state index >= 15 is 0 Å². The first-order valence-corrected chi connectivity index (χ1v) is 6.72. The predicted molar refractivity (Wildman–Crippen MR) is 79.0 cm³/mol. The molecule has 2 aromatic rings. The molecule has 1 heterocycles. The number of nitrogens with zero attached hydrogens (tertiary/aromatic N) is 2. The molecule has 0 unspecified atom stereocenters. The maximum absolute atomic E-state index is 13.1. The summed E-state index contributed by atoms with van der Waals surface area (Å²) in [6.07, 6.45) is 1.77. The van der Waals surface area contributed by atoms with Crippen molar-refractivity contribution in [1.29, 1.82) is 0 Å². The van der Waals surface area contributed by atoms with Crippen molar-refractivity contribution in [2.75, 3.05) is 11.9 Å². The van der Waals surface area contributed by atoms with Crippen LogP contribution in [0.5, 0.6) is 0 Å². The van der Waals surface area contributed by atoms with Crippen LogP contribution in [0.2, 0.25) is 0 Å². The van der Waals surface area contributed by atoms with Crippen LogP contribution in [-0.4, -0.2) is 16.5 Å². The summed E-state index contributed by atoms with van der Waals surface area (Å²) >= 11 is 2.19. The van der Waals surface area contributed by atoms with Crippen molar-refractivity contribution in [3.05, 3.63) is 39.3 Å². The normalized spacial score (nSPS) is 10.4. The molecule has 94 valence electrons. The molecule has 0 spiro atoms. The molecule has 0 fully saturated rings. The summed E-state index contributed by atoms with van der Waals surface area (Å²) in [6.45, 7) is 4.67. The highest BCUT2D eigenvalue weighted by molar-refractivity contribution is 14.1. The van der Waals surface area contributed by atoms with Crippen molar-refractivity contribution < 1.29 is 4.39 Å². The van der Waals surface area contributed by atoms with Gasteiger partial charge in [-0.15, -0.1) is 0 Å². The SMILES string of the molecule is CCNc1nc(-c2ccc(F)cc2C)ncc1I. The molecule has 1 N–H and O–H groups in total. The number of aryl methyl sites for hydroxylation is 1. The van der Waals surface area contributed by atoms with E-state index in [1.54, 1.807) is 12.3 Å². The molecule has 5 heteroatoms. The van der Waals surface area contributed by atoms with Crippen LogP contribution in [0.4, 0.5) is 10.2 Å². The average molecular weight is 357 g/mol. The van der Waals surface area contributed by atoms with Gasteiger partial charge in [0, 0.05) is 18.3 Å². The third-order valence-corrected chi connectivity index (χ3v) is 3.31. The lowest BCUT2D eigenvalue weighted by atomic mass is 10.1. The van der Waals surface area contributed by atoms with Gasteiger partial charge < -0.3 is 5.32 Å². The Hall–Kier alpha value is -1.24. The number of anilines is 1. The molecule has 3 nitrogen and oxygen atoms in total. The van der Waals surface area contributed by atoms with Gasteiger partial charge in [-0.1, -0.05) is 0 Å². The molecule has 0 radical (unpaired) electrons. The molecule has 0 saturated carbocycles. The first-order chi connectivity index (χ1) is 8.61. The van der Waals surface area contributed by atoms with E-state index in [0.29, 0.717) is 5.82 Å². The van der Waals surface area contributed by atoms with Crippen LogP contribution in [0.1, 0.15) is 12.5 Å². The van der Waals surface area contributed by atoms with Gasteiger partial charge in [0.25, 0.3) is 0 Å². The zero-order valence-corrected chi connectivity index (χ0v) is 12.3. The molecule has 0 saturated heterocycles. The minimum atomic E-state index is -0.242. The number of aromatic nitrogens is 2. The van der Waals surface area contributed by atoms with Gasteiger partial charge in [0.2, 0.25) is 0 Å². The summed E-state index contributed by atoms with van der Waals surface area (Å²) in [5, 5.41) is 3.18. The number of halogens is 2. The van der Waals surface area contributed by atoms with Gasteiger partial charge >= 0.3 is 0 Å². The third-order valence-electron chi connectivity index (χ3n) is 2.52. The molecular formula is C13H13FIN3. The molecule has 2 rings (SSSR count). The van der Waals surface area contributed by atoms with Crippen molar-refractivity contribution in [2.45, 2.75) is 13.8 Å². The number of rotatable bonds is 3. The molecule has 1 aromatic heterocycles. The molecule has 0 aliphatic rings. The molecule has 0 aliphatic heterocycles. The van der Waals surface area contributed by atoms with Gasteiger partial charge in [-0.3, -0.25) is 0 Å². The zero-order chi connectivity index (χ0) is 13.1. The average Bonchev–Trinajstić information content (AvgIpc) is 2.33. The van der Waals surface area contributed by atoms with Crippen molar-refractivity contribution in [3.63, 3.8) is 0 Å².